The summed E-state index contributed by atoms with van der Waals surface area (Å²) < 4.78 is 0. The number of nitrogens with one attached hydrogen (secondary N) is 2. The molecular formula is C15H20N4O2. The van der Waals surface area contributed by atoms with Gasteiger partial charge in [0.1, 0.15) is 6.07 Å². The van der Waals surface area contributed by atoms with Crippen molar-refractivity contribution in [2.24, 2.45) is 5.41 Å². The fourth-order valence-corrected chi connectivity index (χ4v) is 2.72. The first-order valence-corrected chi connectivity index (χ1v) is 7.10. The molecular weight excluding hydrogens is 268 g/mol. The molecule has 1 aromatic carbocycles. The predicted octanol–water partition coefficient (Wildman–Crippen LogP) is 2.66. The molecule has 1 atom stereocenters. The van der Waals surface area contributed by atoms with E-state index in [1.165, 1.54) is 18.6 Å². The summed E-state index contributed by atoms with van der Waals surface area (Å²) in [6.07, 6.45) is 2.34. The van der Waals surface area contributed by atoms with Gasteiger partial charge in [0.25, 0.3) is 5.69 Å². The summed E-state index contributed by atoms with van der Waals surface area (Å²) >= 11 is 0. The molecule has 2 N–H and O–H groups in total. The lowest BCUT2D eigenvalue weighted by Crippen LogP contribution is -2.50. The first kappa shape index (κ1) is 15.3. The highest BCUT2D eigenvalue weighted by atomic mass is 16.6. The van der Waals surface area contributed by atoms with Gasteiger partial charge in [-0.05, 0) is 30.9 Å². The Balaban J connectivity index is 2.09. The minimum atomic E-state index is -0.490. The third-order valence-corrected chi connectivity index (χ3v) is 4.16. The SMILES string of the molecule is CC1(C)CCCNC1CNc1ccc([N+](=O)[O-])cc1C#N. The molecule has 0 aromatic heterocycles. The topological polar surface area (TPSA) is 91.0 Å². The number of nitrogens with zero attached hydrogens (tertiary/aromatic N) is 2. The Hall–Kier alpha value is -2.13. The average molecular weight is 288 g/mol. The first-order valence-electron chi connectivity index (χ1n) is 7.10. The minimum absolute atomic E-state index is 0.0618. The largest absolute Gasteiger partial charge is 0.382 e. The molecule has 6 heteroatoms. The summed E-state index contributed by atoms with van der Waals surface area (Å²) in [6, 6.07) is 6.66. The number of rotatable bonds is 4. The quantitative estimate of drug-likeness (QED) is 0.656. The number of nitro groups is 1. The van der Waals surface area contributed by atoms with E-state index in [2.05, 4.69) is 24.5 Å². The molecule has 0 spiro atoms. The summed E-state index contributed by atoms with van der Waals surface area (Å²) in [6.45, 7) is 6.15. The Kier molecular flexibility index (Phi) is 4.43. The number of nitro benzene ring substituents is 1. The molecule has 1 unspecified atom stereocenters. The van der Waals surface area contributed by atoms with E-state index < -0.39 is 4.92 Å². The Labute approximate surface area is 124 Å². The second kappa shape index (κ2) is 6.10. The van der Waals surface area contributed by atoms with Crippen LogP contribution < -0.4 is 10.6 Å². The molecule has 1 heterocycles. The summed E-state index contributed by atoms with van der Waals surface area (Å²) in [7, 11) is 0. The second-order valence-electron chi connectivity index (χ2n) is 6.08. The van der Waals surface area contributed by atoms with Crippen LogP contribution in [0.15, 0.2) is 18.2 Å². The number of benzene rings is 1. The van der Waals surface area contributed by atoms with Gasteiger partial charge < -0.3 is 10.6 Å². The second-order valence-corrected chi connectivity index (χ2v) is 6.08. The first-order chi connectivity index (χ1) is 9.94. The number of nitriles is 1. The van der Waals surface area contributed by atoms with Crippen molar-refractivity contribution in [1.29, 1.82) is 5.26 Å². The van der Waals surface area contributed by atoms with E-state index in [-0.39, 0.29) is 11.1 Å². The zero-order valence-electron chi connectivity index (χ0n) is 12.3. The zero-order valence-corrected chi connectivity index (χ0v) is 12.3. The molecule has 0 radical (unpaired) electrons. The van der Waals surface area contributed by atoms with E-state index in [4.69, 9.17) is 5.26 Å². The van der Waals surface area contributed by atoms with E-state index >= 15 is 0 Å². The van der Waals surface area contributed by atoms with Crippen LogP contribution in [0.5, 0.6) is 0 Å². The maximum Gasteiger partial charge on any atom is 0.270 e. The van der Waals surface area contributed by atoms with Gasteiger partial charge in [-0.15, -0.1) is 0 Å². The molecule has 1 aromatic rings. The molecule has 1 fully saturated rings. The van der Waals surface area contributed by atoms with Crippen LogP contribution in [0.1, 0.15) is 32.3 Å². The van der Waals surface area contributed by atoms with Crippen molar-refractivity contribution >= 4 is 11.4 Å². The van der Waals surface area contributed by atoms with Crippen LogP contribution in [-0.2, 0) is 0 Å². The lowest BCUT2D eigenvalue weighted by molar-refractivity contribution is -0.384. The predicted molar refractivity (Wildman–Crippen MR) is 81.1 cm³/mol. The summed E-state index contributed by atoms with van der Waals surface area (Å²) in [5.41, 5.74) is 1.08. The molecule has 0 bridgehead atoms. The van der Waals surface area contributed by atoms with E-state index in [1.807, 2.05) is 6.07 Å². The standard InChI is InChI=1S/C15H20N4O2/c1-15(2)6-3-7-17-14(15)10-18-13-5-4-12(19(20)21)8-11(13)9-16/h4-5,8,14,17-18H,3,6-7,10H2,1-2H3. The zero-order chi connectivity index (χ0) is 15.5. The highest BCUT2D eigenvalue weighted by molar-refractivity contribution is 5.61. The third-order valence-electron chi connectivity index (χ3n) is 4.16. The molecule has 0 saturated carbocycles. The summed E-state index contributed by atoms with van der Waals surface area (Å²) in [4.78, 5) is 10.2. The van der Waals surface area contributed by atoms with Crippen molar-refractivity contribution in [3.05, 3.63) is 33.9 Å². The Morgan fingerprint density at radius 2 is 2.33 bits per heavy atom. The molecule has 1 aliphatic rings. The van der Waals surface area contributed by atoms with Gasteiger partial charge >= 0.3 is 0 Å². The average Bonchev–Trinajstić information content (AvgIpc) is 2.45. The number of anilines is 1. The van der Waals surface area contributed by atoms with Crippen molar-refractivity contribution < 1.29 is 4.92 Å². The van der Waals surface area contributed by atoms with E-state index in [1.54, 1.807) is 6.07 Å². The van der Waals surface area contributed by atoms with Crippen molar-refractivity contribution in [1.82, 2.24) is 5.32 Å². The molecule has 0 aliphatic carbocycles. The highest BCUT2D eigenvalue weighted by Gasteiger charge is 2.31. The van der Waals surface area contributed by atoms with Crippen molar-refractivity contribution in [3.8, 4) is 6.07 Å². The van der Waals surface area contributed by atoms with Gasteiger partial charge in [0.05, 0.1) is 16.2 Å². The molecule has 1 aliphatic heterocycles. The van der Waals surface area contributed by atoms with Gasteiger partial charge in [-0.3, -0.25) is 10.1 Å². The highest BCUT2D eigenvalue weighted by Crippen LogP contribution is 2.30. The number of piperidine rings is 1. The van der Waals surface area contributed by atoms with E-state index in [9.17, 15) is 10.1 Å². The fourth-order valence-electron chi connectivity index (χ4n) is 2.72. The number of hydrogen-bond acceptors (Lipinski definition) is 5. The summed E-state index contributed by atoms with van der Waals surface area (Å²) in [5, 5.41) is 26.6. The van der Waals surface area contributed by atoms with Crippen LogP contribution in [-0.4, -0.2) is 24.1 Å². The minimum Gasteiger partial charge on any atom is -0.382 e. The van der Waals surface area contributed by atoms with Gasteiger partial charge in [-0.25, -0.2) is 0 Å². The smallest absolute Gasteiger partial charge is 0.270 e. The van der Waals surface area contributed by atoms with Crippen LogP contribution in [0.2, 0.25) is 0 Å². The molecule has 21 heavy (non-hydrogen) atoms. The Morgan fingerprint density at radius 1 is 1.57 bits per heavy atom. The Bertz CT molecular complexity index is 578. The van der Waals surface area contributed by atoms with Gasteiger partial charge in [-0.2, -0.15) is 5.26 Å². The monoisotopic (exact) mass is 288 g/mol. The lowest BCUT2D eigenvalue weighted by atomic mass is 9.77. The van der Waals surface area contributed by atoms with Crippen LogP contribution in [0.3, 0.4) is 0 Å². The van der Waals surface area contributed by atoms with Gasteiger partial charge in [0, 0.05) is 24.7 Å². The van der Waals surface area contributed by atoms with Gasteiger partial charge in [0.2, 0.25) is 0 Å². The maximum atomic E-state index is 10.7. The van der Waals surface area contributed by atoms with Gasteiger partial charge in [0.15, 0.2) is 0 Å². The van der Waals surface area contributed by atoms with Crippen LogP contribution in [0.4, 0.5) is 11.4 Å². The van der Waals surface area contributed by atoms with Crippen molar-refractivity contribution in [2.75, 3.05) is 18.4 Å². The summed E-state index contributed by atoms with van der Waals surface area (Å²) in [5.74, 6) is 0. The number of hydrogen-bond donors (Lipinski definition) is 2. The van der Waals surface area contributed by atoms with Crippen molar-refractivity contribution in [2.45, 2.75) is 32.7 Å². The van der Waals surface area contributed by atoms with Crippen LogP contribution in [0, 0.1) is 26.9 Å². The van der Waals surface area contributed by atoms with Gasteiger partial charge in [-0.1, -0.05) is 13.8 Å². The Morgan fingerprint density at radius 3 is 2.95 bits per heavy atom. The molecule has 1 saturated heterocycles. The normalized spacial score (nSPS) is 20.5. The van der Waals surface area contributed by atoms with Crippen LogP contribution in [0.25, 0.3) is 0 Å². The molecule has 6 nitrogen and oxygen atoms in total. The maximum absolute atomic E-state index is 10.7. The van der Waals surface area contributed by atoms with Crippen molar-refractivity contribution in [3.63, 3.8) is 0 Å². The third kappa shape index (κ3) is 3.50. The van der Waals surface area contributed by atoms with E-state index in [0.29, 0.717) is 23.8 Å². The fraction of sp³-hybridized carbons (Fsp3) is 0.533. The van der Waals surface area contributed by atoms with E-state index in [0.717, 1.165) is 13.0 Å². The molecule has 2 rings (SSSR count). The van der Waals surface area contributed by atoms with Crippen LogP contribution >= 0.6 is 0 Å². The molecule has 0 amide bonds. The number of non-ortho nitro benzene ring substituents is 1. The molecule has 112 valence electrons. The lowest BCUT2D eigenvalue weighted by Gasteiger charge is -2.39.